The summed E-state index contributed by atoms with van der Waals surface area (Å²) < 4.78 is 14.5. The van der Waals surface area contributed by atoms with Crippen LogP contribution in [0.3, 0.4) is 0 Å². The Hall–Kier alpha value is -1.51. The maximum atomic E-state index is 13.2. The Morgan fingerprint density at radius 3 is 2.85 bits per heavy atom. The Labute approximate surface area is 75.2 Å². The van der Waals surface area contributed by atoms with Crippen molar-refractivity contribution in [3.63, 3.8) is 0 Å². The lowest BCUT2D eigenvalue weighted by Gasteiger charge is -2.13. The molecule has 5 nitrogen and oxygen atoms in total. The van der Waals surface area contributed by atoms with Crippen LogP contribution in [0.2, 0.25) is 0 Å². The van der Waals surface area contributed by atoms with Gasteiger partial charge < -0.3 is 0 Å². The van der Waals surface area contributed by atoms with Crippen LogP contribution in [-0.4, -0.2) is 25.9 Å². The van der Waals surface area contributed by atoms with E-state index in [0.29, 0.717) is 5.82 Å². The first kappa shape index (κ1) is 9.58. The molecule has 1 rings (SSSR count). The van der Waals surface area contributed by atoms with Crippen molar-refractivity contribution in [2.45, 2.75) is 32.5 Å². The van der Waals surface area contributed by atoms with Crippen molar-refractivity contribution in [1.82, 2.24) is 20.2 Å². The van der Waals surface area contributed by atoms with Gasteiger partial charge in [0, 0.05) is 0 Å². The number of aromatic nitrogens is 4. The van der Waals surface area contributed by atoms with Crippen LogP contribution in [0, 0.1) is 11.3 Å². The maximum absolute atomic E-state index is 13.2. The third kappa shape index (κ3) is 2.78. The SMILES string of the molecule is CC(C)(F)Cn1nnnc1CC#N. The lowest BCUT2D eigenvalue weighted by molar-refractivity contribution is 0.176. The van der Waals surface area contributed by atoms with Gasteiger partial charge in [-0.15, -0.1) is 5.10 Å². The normalized spacial score (nSPS) is 11.2. The molecule has 70 valence electrons. The molecule has 0 unspecified atom stereocenters. The summed E-state index contributed by atoms with van der Waals surface area (Å²) in [5.41, 5.74) is -1.38. The molecule has 0 N–H and O–H groups in total. The second-order valence-corrected chi connectivity index (χ2v) is 3.31. The summed E-state index contributed by atoms with van der Waals surface area (Å²) in [7, 11) is 0. The van der Waals surface area contributed by atoms with E-state index in [1.807, 2.05) is 6.07 Å². The van der Waals surface area contributed by atoms with E-state index in [1.54, 1.807) is 0 Å². The number of rotatable bonds is 3. The van der Waals surface area contributed by atoms with E-state index in [9.17, 15) is 4.39 Å². The fraction of sp³-hybridized carbons (Fsp3) is 0.714. The third-order valence-corrected chi connectivity index (χ3v) is 1.37. The smallest absolute Gasteiger partial charge is 0.165 e. The minimum Gasteiger partial charge on any atom is -0.242 e. The summed E-state index contributed by atoms with van der Waals surface area (Å²) in [5.74, 6) is 0.397. The second kappa shape index (κ2) is 3.47. The maximum Gasteiger partial charge on any atom is 0.165 e. The molecule has 0 bridgehead atoms. The molecular formula is C7H10FN5. The number of alkyl halides is 1. The average Bonchev–Trinajstić information content (AvgIpc) is 2.34. The van der Waals surface area contributed by atoms with Crippen LogP contribution in [0.25, 0.3) is 0 Å². The summed E-state index contributed by atoms with van der Waals surface area (Å²) in [5, 5.41) is 19.0. The first-order valence-corrected chi connectivity index (χ1v) is 3.84. The molecule has 0 atom stereocenters. The average molecular weight is 183 g/mol. The first-order chi connectivity index (χ1) is 6.03. The molecular weight excluding hydrogens is 173 g/mol. The standard InChI is InChI=1S/C7H10FN5/c1-7(2,8)5-13-6(3-4-9)10-11-12-13/h3,5H2,1-2H3. The molecule has 0 aliphatic carbocycles. The fourth-order valence-electron chi connectivity index (χ4n) is 0.899. The summed E-state index contributed by atoms with van der Waals surface area (Å²) in [6.45, 7) is 2.94. The fourth-order valence-corrected chi connectivity index (χ4v) is 0.899. The van der Waals surface area contributed by atoms with E-state index in [4.69, 9.17) is 5.26 Å². The topological polar surface area (TPSA) is 67.4 Å². The zero-order valence-electron chi connectivity index (χ0n) is 7.53. The van der Waals surface area contributed by atoms with E-state index < -0.39 is 5.67 Å². The number of halogens is 1. The lowest BCUT2D eigenvalue weighted by atomic mass is 10.2. The molecule has 0 saturated heterocycles. The van der Waals surface area contributed by atoms with Gasteiger partial charge in [-0.25, -0.2) is 9.07 Å². The Kier molecular flexibility index (Phi) is 2.56. The van der Waals surface area contributed by atoms with Crippen LogP contribution < -0.4 is 0 Å². The summed E-state index contributed by atoms with van der Waals surface area (Å²) in [4.78, 5) is 0. The van der Waals surface area contributed by atoms with Crippen LogP contribution in [0.4, 0.5) is 4.39 Å². The molecule has 0 spiro atoms. The second-order valence-electron chi connectivity index (χ2n) is 3.31. The van der Waals surface area contributed by atoms with Crippen molar-refractivity contribution >= 4 is 0 Å². The van der Waals surface area contributed by atoms with E-state index >= 15 is 0 Å². The first-order valence-electron chi connectivity index (χ1n) is 3.84. The highest BCUT2D eigenvalue weighted by Gasteiger charge is 2.19. The van der Waals surface area contributed by atoms with Crippen molar-refractivity contribution in [2.24, 2.45) is 0 Å². The zero-order valence-corrected chi connectivity index (χ0v) is 7.53. The molecule has 0 amide bonds. The minimum absolute atomic E-state index is 0.0665. The largest absolute Gasteiger partial charge is 0.242 e. The Bertz CT molecular complexity index is 318. The highest BCUT2D eigenvalue weighted by atomic mass is 19.1. The number of hydrogen-bond acceptors (Lipinski definition) is 4. The number of nitriles is 1. The molecule has 6 heteroatoms. The van der Waals surface area contributed by atoms with Crippen molar-refractivity contribution in [3.8, 4) is 6.07 Å². The van der Waals surface area contributed by atoms with E-state index in [2.05, 4.69) is 15.5 Å². The highest BCUT2D eigenvalue weighted by Crippen LogP contribution is 2.11. The van der Waals surface area contributed by atoms with Crippen LogP contribution in [0.1, 0.15) is 19.7 Å². The molecule has 1 aromatic heterocycles. The number of tetrazole rings is 1. The molecule has 13 heavy (non-hydrogen) atoms. The van der Waals surface area contributed by atoms with Gasteiger partial charge in [-0.3, -0.25) is 0 Å². The highest BCUT2D eigenvalue weighted by molar-refractivity contribution is 4.92. The van der Waals surface area contributed by atoms with Crippen molar-refractivity contribution in [2.75, 3.05) is 0 Å². The Morgan fingerprint density at radius 2 is 2.31 bits per heavy atom. The van der Waals surface area contributed by atoms with Gasteiger partial charge in [0.15, 0.2) is 5.82 Å². The molecule has 0 radical (unpaired) electrons. The van der Waals surface area contributed by atoms with Crippen LogP contribution in [0.15, 0.2) is 0 Å². The predicted molar refractivity (Wildman–Crippen MR) is 42.3 cm³/mol. The quantitative estimate of drug-likeness (QED) is 0.683. The van der Waals surface area contributed by atoms with Gasteiger partial charge >= 0.3 is 0 Å². The number of nitrogens with zero attached hydrogens (tertiary/aromatic N) is 5. The van der Waals surface area contributed by atoms with E-state index in [-0.39, 0.29) is 13.0 Å². The molecule has 1 aromatic rings. The van der Waals surface area contributed by atoms with Gasteiger partial charge in [-0.1, -0.05) is 0 Å². The molecule has 0 aliphatic heterocycles. The van der Waals surface area contributed by atoms with Crippen molar-refractivity contribution in [1.29, 1.82) is 5.26 Å². The molecule has 0 aliphatic rings. The van der Waals surface area contributed by atoms with E-state index in [1.165, 1.54) is 18.5 Å². The third-order valence-electron chi connectivity index (χ3n) is 1.37. The van der Waals surface area contributed by atoms with Crippen molar-refractivity contribution in [3.05, 3.63) is 5.82 Å². The van der Waals surface area contributed by atoms with Crippen LogP contribution >= 0.6 is 0 Å². The van der Waals surface area contributed by atoms with Gasteiger partial charge in [0.05, 0.1) is 19.0 Å². The molecule has 0 aromatic carbocycles. The molecule has 1 heterocycles. The predicted octanol–water partition coefficient (Wildman–Crippen LogP) is 0.487. The molecule has 0 fully saturated rings. The summed E-state index contributed by atoms with van der Waals surface area (Å²) in [6.07, 6.45) is 0.100. The zero-order chi connectivity index (χ0) is 9.90. The van der Waals surface area contributed by atoms with Crippen LogP contribution in [0.5, 0.6) is 0 Å². The Morgan fingerprint density at radius 1 is 1.62 bits per heavy atom. The summed E-state index contributed by atoms with van der Waals surface area (Å²) >= 11 is 0. The van der Waals surface area contributed by atoms with Gasteiger partial charge in [0.1, 0.15) is 5.67 Å². The van der Waals surface area contributed by atoms with Gasteiger partial charge in [0.25, 0.3) is 0 Å². The van der Waals surface area contributed by atoms with Crippen LogP contribution in [-0.2, 0) is 13.0 Å². The van der Waals surface area contributed by atoms with Gasteiger partial charge in [-0.05, 0) is 24.3 Å². The molecule has 0 saturated carbocycles. The minimum atomic E-state index is -1.38. The lowest BCUT2D eigenvalue weighted by Crippen LogP contribution is -2.23. The monoisotopic (exact) mass is 183 g/mol. The number of hydrogen-bond donors (Lipinski definition) is 0. The van der Waals surface area contributed by atoms with Gasteiger partial charge in [-0.2, -0.15) is 5.26 Å². The van der Waals surface area contributed by atoms with E-state index in [0.717, 1.165) is 0 Å². The van der Waals surface area contributed by atoms with Gasteiger partial charge in [0.2, 0.25) is 0 Å². The Balaban J connectivity index is 2.78. The summed E-state index contributed by atoms with van der Waals surface area (Å²) in [6, 6.07) is 1.91. The van der Waals surface area contributed by atoms with Crippen molar-refractivity contribution < 1.29 is 4.39 Å².